The fourth-order valence-corrected chi connectivity index (χ4v) is 2.55. The van der Waals surface area contributed by atoms with E-state index in [9.17, 15) is 4.79 Å². The number of benzene rings is 1. The first-order valence-electron chi connectivity index (χ1n) is 5.71. The Balaban J connectivity index is 2.00. The highest BCUT2D eigenvalue weighted by Gasteiger charge is 2.37. The summed E-state index contributed by atoms with van der Waals surface area (Å²) in [4.78, 5) is 10.9. The number of aliphatic carboxylic acids is 1. The first-order valence-corrected chi connectivity index (χ1v) is 5.71. The third-order valence-corrected chi connectivity index (χ3v) is 3.52. The van der Waals surface area contributed by atoms with Gasteiger partial charge in [-0.1, -0.05) is 30.3 Å². The first kappa shape index (κ1) is 11.1. The van der Waals surface area contributed by atoms with Crippen molar-refractivity contribution < 1.29 is 9.90 Å². The maximum absolute atomic E-state index is 10.9. The fraction of sp³-hybridized carbons (Fsp3) is 0.462. The van der Waals surface area contributed by atoms with Crippen LogP contribution in [0.1, 0.15) is 18.4 Å². The molecule has 86 valence electrons. The van der Waals surface area contributed by atoms with E-state index >= 15 is 0 Å². The van der Waals surface area contributed by atoms with Gasteiger partial charge in [-0.15, -0.1) is 0 Å². The van der Waals surface area contributed by atoms with Crippen molar-refractivity contribution in [2.24, 2.45) is 17.6 Å². The highest BCUT2D eigenvalue weighted by molar-refractivity contribution is 5.71. The minimum atomic E-state index is -0.747. The predicted molar refractivity (Wildman–Crippen MR) is 62.0 cm³/mol. The van der Waals surface area contributed by atoms with Crippen molar-refractivity contribution in [3.63, 3.8) is 0 Å². The third kappa shape index (κ3) is 2.25. The van der Waals surface area contributed by atoms with Gasteiger partial charge in [-0.3, -0.25) is 4.79 Å². The molecule has 1 saturated carbocycles. The van der Waals surface area contributed by atoms with E-state index in [0.29, 0.717) is 12.3 Å². The number of carboxylic acid groups (broad SMARTS) is 1. The fourth-order valence-electron chi connectivity index (χ4n) is 2.55. The summed E-state index contributed by atoms with van der Waals surface area (Å²) in [6, 6.07) is 9.94. The molecule has 1 fully saturated rings. The van der Waals surface area contributed by atoms with E-state index in [-0.39, 0.29) is 12.0 Å². The molecule has 3 atom stereocenters. The van der Waals surface area contributed by atoms with Crippen LogP contribution in [0.5, 0.6) is 0 Å². The third-order valence-electron chi connectivity index (χ3n) is 3.52. The molecule has 1 aromatic carbocycles. The smallest absolute Gasteiger partial charge is 0.308 e. The van der Waals surface area contributed by atoms with Gasteiger partial charge in [0.25, 0.3) is 0 Å². The molecular weight excluding hydrogens is 202 g/mol. The molecule has 16 heavy (non-hydrogen) atoms. The Morgan fingerprint density at radius 1 is 1.31 bits per heavy atom. The highest BCUT2D eigenvalue weighted by Crippen LogP contribution is 2.32. The Morgan fingerprint density at radius 2 is 2.00 bits per heavy atom. The lowest BCUT2D eigenvalue weighted by atomic mass is 9.92. The maximum atomic E-state index is 10.9. The topological polar surface area (TPSA) is 63.3 Å². The van der Waals surface area contributed by atoms with E-state index in [0.717, 1.165) is 12.8 Å². The summed E-state index contributed by atoms with van der Waals surface area (Å²) < 4.78 is 0. The average molecular weight is 219 g/mol. The second-order valence-electron chi connectivity index (χ2n) is 4.55. The number of carbonyl (C=O) groups is 1. The molecule has 0 unspecified atom stereocenters. The summed E-state index contributed by atoms with van der Waals surface area (Å²) in [6.07, 6.45) is 2.53. The molecule has 0 spiro atoms. The number of hydrogen-bond donors (Lipinski definition) is 2. The molecule has 3 N–H and O–H groups in total. The van der Waals surface area contributed by atoms with Gasteiger partial charge in [-0.05, 0) is 30.7 Å². The zero-order valence-corrected chi connectivity index (χ0v) is 9.17. The molecule has 0 radical (unpaired) electrons. The molecule has 3 nitrogen and oxygen atoms in total. The van der Waals surface area contributed by atoms with Crippen molar-refractivity contribution >= 4 is 5.97 Å². The van der Waals surface area contributed by atoms with E-state index in [1.54, 1.807) is 0 Å². The van der Waals surface area contributed by atoms with Crippen LogP contribution in [-0.2, 0) is 11.2 Å². The average Bonchev–Trinajstić information content (AvgIpc) is 2.62. The largest absolute Gasteiger partial charge is 0.481 e. The SMILES string of the molecule is N[C@H]1[C@H](Cc2ccccc2)CC[C@H]1C(=O)O. The summed E-state index contributed by atoms with van der Waals surface area (Å²) in [7, 11) is 0. The lowest BCUT2D eigenvalue weighted by Crippen LogP contribution is -2.36. The van der Waals surface area contributed by atoms with Crippen LogP contribution in [0.2, 0.25) is 0 Å². The summed E-state index contributed by atoms with van der Waals surface area (Å²) in [5, 5.41) is 8.99. The number of nitrogens with two attached hydrogens (primary N) is 1. The van der Waals surface area contributed by atoms with Crippen LogP contribution in [0.25, 0.3) is 0 Å². The van der Waals surface area contributed by atoms with Crippen molar-refractivity contribution in [1.29, 1.82) is 0 Å². The van der Waals surface area contributed by atoms with Crippen molar-refractivity contribution in [2.75, 3.05) is 0 Å². The highest BCUT2D eigenvalue weighted by atomic mass is 16.4. The molecule has 3 heteroatoms. The summed E-state index contributed by atoms with van der Waals surface area (Å²) >= 11 is 0. The van der Waals surface area contributed by atoms with E-state index in [2.05, 4.69) is 12.1 Å². The van der Waals surface area contributed by atoms with Crippen molar-refractivity contribution in [1.82, 2.24) is 0 Å². The van der Waals surface area contributed by atoms with Crippen molar-refractivity contribution in [3.8, 4) is 0 Å². The Labute approximate surface area is 95.3 Å². The molecule has 0 saturated heterocycles. The Bertz CT molecular complexity index is 363. The minimum Gasteiger partial charge on any atom is -0.481 e. The van der Waals surface area contributed by atoms with Crippen molar-refractivity contribution in [3.05, 3.63) is 35.9 Å². The van der Waals surface area contributed by atoms with E-state index < -0.39 is 5.97 Å². The zero-order chi connectivity index (χ0) is 11.5. The number of hydrogen-bond acceptors (Lipinski definition) is 2. The van der Waals surface area contributed by atoms with Crippen molar-refractivity contribution in [2.45, 2.75) is 25.3 Å². The summed E-state index contributed by atoms with van der Waals surface area (Å²) in [5.74, 6) is -0.791. The van der Waals surface area contributed by atoms with Crippen LogP contribution in [-0.4, -0.2) is 17.1 Å². The van der Waals surface area contributed by atoms with Crippen LogP contribution < -0.4 is 5.73 Å². The lowest BCUT2D eigenvalue weighted by molar-refractivity contribution is -0.142. The summed E-state index contributed by atoms with van der Waals surface area (Å²) in [6.45, 7) is 0. The molecule has 2 rings (SSSR count). The van der Waals surface area contributed by atoms with Crippen LogP contribution in [0.4, 0.5) is 0 Å². The normalized spacial score (nSPS) is 29.2. The Morgan fingerprint density at radius 3 is 2.56 bits per heavy atom. The first-order chi connectivity index (χ1) is 7.68. The van der Waals surface area contributed by atoms with Gasteiger partial charge >= 0.3 is 5.97 Å². The molecule has 0 aliphatic heterocycles. The standard InChI is InChI=1S/C13H17NO2/c14-12-10(6-7-11(12)13(15)16)8-9-4-2-1-3-5-9/h1-5,10-12H,6-8,14H2,(H,15,16)/t10-,11+,12-/m0/s1. The van der Waals surface area contributed by atoms with Gasteiger partial charge < -0.3 is 10.8 Å². The van der Waals surface area contributed by atoms with Gasteiger partial charge in [0.15, 0.2) is 0 Å². The second kappa shape index (κ2) is 4.66. The lowest BCUT2D eigenvalue weighted by Gasteiger charge is -2.18. The van der Waals surface area contributed by atoms with Gasteiger partial charge in [0.2, 0.25) is 0 Å². The summed E-state index contributed by atoms with van der Waals surface area (Å²) in [5.41, 5.74) is 7.24. The van der Waals surface area contributed by atoms with E-state index in [4.69, 9.17) is 10.8 Å². The van der Waals surface area contributed by atoms with Gasteiger partial charge in [-0.25, -0.2) is 0 Å². The second-order valence-corrected chi connectivity index (χ2v) is 4.55. The molecule has 0 aromatic heterocycles. The van der Waals surface area contributed by atoms with Crippen LogP contribution in [0.3, 0.4) is 0 Å². The molecule has 1 aromatic rings. The molecule has 1 aliphatic rings. The molecular formula is C13H17NO2. The quantitative estimate of drug-likeness (QED) is 0.812. The Hall–Kier alpha value is -1.35. The minimum absolute atomic E-state index is 0.197. The predicted octanol–water partition coefficient (Wildman–Crippen LogP) is 1.67. The van der Waals surface area contributed by atoms with E-state index in [1.807, 2.05) is 18.2 Å². The van der Waals surface area contributed by atoms with Gasteiger partial charge in [0.05, 0.1) is 5.92 Å². The number of rotatable bonds is 3. The molecule has 0 heterocycles. The molecule has 1 aliphatic carbocycles. The van der Waals surface area contributed by atoms with Gasteiger partial charge in [-0.2, -0.15) is 0 Å². The van der Waals surface area contributed by atoms with Crippen LogP contribution >= 0.6 is 0 Å². The molecule has 0 bridgehead atoms. The molecule has 0 amide bonds. The monoisotopic (exact) mass is 219 g/mol. The van der Waals surface area contributed by atoms with Gasteiger partial charge in [0, 0.05) is 6.04 Å². The Kier molecular flexibility index (Phi) is 3.25. The van der Waals surface area contributed by atoms with E-state index in [1.165, 1.54) is 5.56 Å². The number of carboxylic acids is 1. The maximum Gasteiger partial charge on any atom is 0.308 e. The van der Waals surface area contributed by atoms with Crippen LogP contribution in [0.15, 0.2) is 30.3 Å². The zero-order valence-electron chi connectivity index (χ0n) is 9.17. The van der Waals surface area contributed by atoms with Crippen LogP contribution in [0, 0.1) is 11.8 Å². The van der Waals surface area contributed by atoms with Gasteiger partial charge in [0.1, 0.15) is 0 Å².